The van der Waals surface area contributed by atoms with E-state index in [0.29, 0.717) is 5.69 Å². The van der Waals surface area contributed by atoms with Crippen LogP contribution in [0.1, 0.15) is 33.2 Å². The van der Waals surface area contributed by atoms with Gasteiger partial charge in [0.15, 0.2) is 5.69 Å². The van der Waals surface area contributed by atoms with Crippen molar-refractivity contribution in [2.75, 3.05) is 6.54 Å². The van der Waals surface area contributed by atoms with Gasteiger partial charge in [0.25, 0.3) is 11.6 Å². The van der Waals surface area contributed by atoms with Gasteiger partial charge >= 0.3 is 0 Å². The average Bonchev–Trinajstić information content (AvgIpc) is 3.33. The van der Waals surface area contributed by atoms with Crippen molar-refractivity contribution in [2.24, 2.45) is 0 Å². The minimum Gasteiger partial charge on any atom is -0.361 e. The molecule has 37 heavy (non-hydrogen) atoms. The van der Waals surface area contributed by atoms with Gasteiger partial charge in [-0.15, -0.1) is 0 Å². The fraction of sp³-hybridized carbons (Fsp3) is 0.107. The van der Waals surface area contributed by atoms with Gasteiger partial charge in [0.2, 0.25) is 5.43 Å². The third-order valence-electron chi connectivity index (χ3n) is 6.29. The van der Waals surface area contributed by atoms with Crippen LogP contribution < -0.4 is 10.7 Å². The maximum Gasteiger partial charge on any atom is 0.294 e. The Balaban J connectivity index is 1.49. The Morgan fingerprint density at radius 1 is 1.05 bits per heavy atom. The molecule has 184 valence electrons. The molecule has 3 aromatic carbocycles. The van der Waals surface area contributed by atoms with Gasteiger partial charge in [0.05, 0.1) is 4.92 Å². The number of aromatic amines is 1. The molecule has 0 bridgehead atoms. The number of para-hydroxylation sites is 3. The van der Waals surface area contributed by atoms with Crippen LogP contribution in [0.4, 0.5) is 5.69 Å². The first kappa shape index (κ1) is 23.7. The number of H-pyrrole nitrogens is 1. The lowest BCUT2D eigenvalue weighted by Gasteiger charge is -2.18. The van der Waals surface area contributed by atoms with Gasteiger partial charge in [-0.2, -0.15) is 5.10 Å². The van der Waals surface area contributed by atoms with E-state index in [0.717, 1.165) is 22.0 Å². The summed E-state index contributed by atoms with van der Waals surface area (Å²) in [5, 5.41) is 19.7. The molecule has 5 rings (SSSR count). The number of nitro groups is 1. The summed E-state index contributed by atoms with van der Waals surface area (Å²) in [6.45, 7) is 1.82. The second-order valence-corrected chi connectivity index (χ2v) is 8.62. The van der Waals surface area contributed by atoms with Crippen LogP contribution in [0.5, 0.6) is 0 Å². The van der Waals surface area contributed by atoms with E-state index in [4.69, 9.17) is 0 Å². The van der Waals surface area contributed by atoms with Crippen LogP contribution in [0, 0.1) is 17.0 Å². The molecule has 9 nitrogen and oxygen atoms in total. The first-order valence-electron chi connectivity index (χ1n) is 11.7. The van der Waals surface area contributed by atoms with Crippen LogP contribution in [0.15, 0.2) is 95.9 Å². The van der Waals surface area contributed by atoms with E-state index in [9.17, 15) is 19.7 Å². The lowest BCUT2D eigenvalue weighted by atomic mass is 9.91. The minimum absolute atomic E-state index is 0.167. The summed E-state index contributed by atoms with van der Waals surface area (Å²) < 4.78 is 1.25. The number of aromatic nitrogens is 3. The zero-order valence-electron chi connectivity index (χ0n) is 19.9. The highest BCUT2D eigenvalue weighted by Crippen LogP contribution is 2.30. The maximum absolute atomic E-state index is 13.2. The van der Waals surface area contributed by atoms with E-state index in [-0.39, 0.29) is 29.5 Å². The number of hydrogen-bond acceptors (Lipinski definition) is 5. The molecule has 5 aromatic rings. The lowest BCUT2D eigenvalue weighted by Crippen LogP contribution is -2.34. The quantitative estimate of drug-likeness (QED) is 0.255. The summed E-state index contributed by atoms with van der Waals surface area (Å²) in [5.74, 6) is -0.845. The number of aryl methyl sites for hydroxylation is 1. The van der Waals surface area contributed by atoms with Crippen LogP contribution in [0.25, 0.3) is 16.6 Å². The van der Waals surface area contributed by atoms with Crippen LogP contribution in [-0.2, 0) is 0 Å². The monoisotopic (exact) mass is 493 g/mol. The third kappa shape index (κ3) is 4.62. The molecule has 0 fully saturated rings. The van der Waals surface area contributed by atoms with Crippen LogP contribution in [0.3, 0.4) is 0 Å². The van der Waals surface area contributed by atoms with Gasteiger partial charge in [-0.25, -0.2) is 4.68 Å². The molecule has 2 heterocycles. The smallest absolute Gasteiger partial charge is 0.294 e. The molecule has 0 aliphatic rings. The first-order chi connectivity index (χ1) is 17.9. The van der Waals surface area contributed by atoms with Crippen molar-refractivity contribution < 1.29 is 9.72 Å². The van der Waals surface area contributed by atoms with Crippen molar-refractivity contribution in [3.63, 3.8) is 0 Å². The number of hydrogen-bond donors (Lipinski definition) is 2. The molecule has 1 atom stereocenters. The number of carbonyl (C=O) groups is 1. The molecule has 0 aliphatic heterocycles. The molecule has 2 aromatic heterocycles. The number of benzene rings is 3. The molecule has 0 aliphatic carbocycles. The predicted octanol–water partition coefficient (Wildman–Crippen LogP) is 4.49. The number of nitrogens with one attached hydrogen (secondary N) is 2. The van der Waals surface area contributed by atoms with Gasteiger partial charge in [-0.1, -0.05) is 60.7 Å². The summed E-state index contributed by atoms with van der Waals surface area (Å²) in [4.78, 5) is 40.2. The van der Waals surface area contributed by atoms with Crippen LogP contribution in [0.2, 0.25) is 0 Å². The van der Waals surface area contributed by atoms with Gasteiger partial charge in [-0.3, -0.25) is 19.7 Å². The van der Waals surface area contributed by atoms with E-state index in [2.05, 4.69) is 15.4 Å². The Bertz CT molecular complexity index is 1670. The number of carbonyl (C=O) groups excluding carboxylic acids is 1. The Labute approximate surface area is 211 Å². The molecule has 9 heteroatoms. The highest BCUT2D eigenvalue weighted by Gasteiger charge is 2.23. The predicted molar refractivity (Wildman–Crippen MR) is 140 cm³/mol. The average molecular weight is 494 g/mol. The molecule has 2 N–H and O–H groups in total. The Morgan fingerprint density at radius 3 is 2.54 bits per heavy atom. The molecular weight excluding hydrogens is 470 g/mol. The maximum atomic E-state index is 13.2. The molecular formula is C28H23N5O4. The van der Waals surface area contributed by atoms with E-state index in [1.165, 1.54) is 22.9 Å². The lowest BCUT2D eigenvalue weighted by molar-refractivity contribution is -0.384. The highest BCUT2D eigenvalue weighted by molar-refractivity contribution is 5.92. The molecule has 1 amide bonds. The van der Waals surface area contributed by atoms with Crippen molar-refractivity contribution in [3.05, 3.63) is 134 Å². The summed E-state index contributed by atoms with van der Waals surface area (Å²) in [6.07, 6.45) is 1.93. The normalized spacial score (nSPS) is 11.8. The van der Waals surface area contributed by atoms with Crippen molar-refractivity contribution in [3.8, 4) is 5.69 Å². The minimum atomic E-state index is -0.655. The zero-order chi connectivity index (χ0) is 25.9. The second-order valence-electron chi connectivity index (χ2n) is 8.62. The molecule has 0 spiro atoms. The van der Waals surface area contributed by atoms with Crippen molar-refractivity contribution in [1.29, 1.82) is 0 Å². The summed E-state index contributed by atoms with van der Waals surface area (Å²) in [7, 11) is 0. The highest BCUT2D eigenvalue weighted by atomic mass is 16.6. The topological polar surface area (TPSA) is 123 Å². The number of nitrogens with zero attached hydrogens (tertiary/aromatic N) is 3. The van der Waals surface area contributed by atoms with E-state index >= 15 is 0 Å². The number of fused-ring (bicyclic) bond motifs is 1. The summed E-state index contributed by atoms with van der Waals surface area (Å²) >= 11 is 0. The molecule has 0 saturated heterocycles. The van der Waals surface area contributed by atoms with E-state index < -0.39 is 16.3 Å². The van der Waals surface area contributed by atoms with Crippen LogP contribution >= 0.6 is 0 Å². The molecule has 1 unspecified atom stereocenters. The van der Waals surface area contributed by atoms with E-state index in [1.807, 2.05) is 60.8 Å². The van der Waals surface area contributed by atoms with Crippen molar-refractivity contribution >= 4 is 22.5 Å². The number of amides is 1. The van der Waals surface area contributed by atoms with Gasteiger partial charge < -0.3 is 10.3 Å². The van der Waals surface area contributed by atoms with Gasteiger partial charge in [0.1, 0.15) is 5.69 Å². The summed E-state index contributed by atoms with van der Waals surface area (Å²) in [5.41, 5.74) is 2.45. The number of rotatable bonds is 7. The molecule has 0 radical (unpaired) electrons. The first-order valence-corrected chi connectivity index (χ1v) is 11.7. The molecule has 0 saturated carbocycles. The Morgan fingerprint density at radius 2 is 1.76 bits per heavy atom. The van der Waals surface area contributed by atoms with Gasteiger partial charge in [0, 0.05) is 47.4 Å². The fourth-order valence-corrected chi connectivity index (χ4v) is 4.50. The standard InChI is InChI=1S/C28H23N5O4/c1-18-15-26(34)27(31-32(18)24-13-7-8-14-25(24)33(36)37)28(35)30-16-21(19-9-3-2-4-10-19)22-17-29-23-12-6-5-11-20(22)23/h2-15,17,21,29H,16H2,1H3,(H,30,35). The zero-order valence-corrected chi connectivity index (χ0v) is 19.9. The third-order valence-corrected chi connectivity index (χ3v) is 6.29. The van der Waals surface area contributed by atoms with Crippen molar-refractivity contribution in [2.45, 2.75) is 12.8 Å². The summed E-state index contributed by atoms with van der Waals surface area (Å²) in [6, 6.07) is 25.0. The SMILES string of the molecule is Cc1cc(=O)c(C(=O)NCC(c2ccccc2)c2c[nH]c3ccccc23)nn1-c1ccccc1[N+](=O)[O-]. The van der Waals surface area contributed by atoms with E-state index in [1.54, 1.807) is 19.1 Å². The van der Waals surface area contributed by atoms with Gasteiger partial charge in [-0.05, 0) is 30.2 Å². The number of nitro benzene ring substituents is 1. The van der Waals surface area contributed by atoms with Crippen LogP contribution in [-0.4, -0.2) is 32.1 Å². The Hall–Kier alpha value is -5.05. The largest absolute Gasteiger partial charge is 0.361 e. The second kappa shape index (κ2) is 9.90. The fourth-order valence-electron chi connectivity index (χ4n) is 4.50. The Kier molecular flexibility index (Phi) is 6.34. The van der Waals surface area contributed by atoms with Crippen molar-refractivity contribution in [1.82, 2.24) is 20.1 Å².